The maximum absolute atomic E-state index is 13.2. The molecule has 2 atom stereocenters. The molecule has 5 heteroatoms. The van der Waals surface area contributed by atoms with E-state index in [9.17, 15) is 8.42 Å². The zero-order valence-electron chi connectivity index (χ0n) is 14.4. The predicted octanol–water partition coefficient (Wildman–Crippen LogP) is 3.85. The number of fused-ring (bicyclic) bond motifs is 2. The molecular formula is C19H27NO3S. The van der Waals surface area contributed by atoms with E-state index in [2.05, 4.69) is 0 Å². The smallest absolute Gasteiger partial charge is 0.245 e. The van der Waals surface area contributed by atoms with Crippen molar-refractivity contribution < 1.29 is 13.2 Å². The first kappa shape index (κ1) is 16.6. The third kappa shape index (κ3) is 2.71. The van der Waals surface area contributed by atoms with Crippen LogP contribution >= 0.6 is 0 Å². The van der Waals surface area contributed by atoms with Crippen LogP contribution in [0.1, 0.15) is 56.9 Å². The average molecular weight is 349 g/mol. The predicted molar refractivity (Wildman–Crippen MR) is 93.1 cm³/mol. The summed E-state index contributed by atoms with van der Waals surface area (Å²) in [5.74, 6) is 0.521. The second-order valence-electron chi connectivity index (χ2n) is 7.73. The first-order valence-corrected chi connectivity index (χ1v) is 10.7. The summed E-state index contributed by atoms with van der Waals surface area (Å²) < 4.78 is 34.4. The Hall–Kier alpha value is -0.910. The summed E-state index contributed by atoms with van der Waals surface area (Å²) in [6.07, 6.45) is 8.81. The molecule has 1 aliphatic carbocycles. The molecule has 2 aliphatic heterocycles. The Bertz CT molecular complexity index is 694. The van der Waals surface area contributed by atoms with Crippen molar-refractivity contribution in [1.29, 1.82) is 0 Å². The van der Waals surface area contributed by atoms with Crippen LogP contribution in [0.15, 0.2) is 29.2 Å². The summed E-state index contributed by atoms with van der Waals surface area (Å²) in [5.41, 5.74) is 0.838. The Morgan fingerprint density at radius 1 is 1.04 bits per heavy atom. The van der Waals surface area contributed by atoms with Crippen LogP contribution < -0.4 is 0 Å². The first-order chi connectivity index (χ1) is 11.5. The van der Waals surface area contributed by atoms with Crippen molar-refractivity contribution in [2.45, 2.75) is 75.0 Å². The summed E-state index contributed by atoms with van der Waals surface area (Å²) in [7, 11) is -3.48. The largest absolute Gasteiger partial charge is 0.354 e. The number of nitrogens with zero attached hydrogens (tertiary/aromatic N) is 1. The van der Waals surface area contributed by atoms with Crippen LogP contribution in [-0.4, -0.2) is 31.1 Å². The third-order valence-corrected chi connectivity index (χ3v) is 7.99. The van der Waals surface area contributed by atoms with Crippen LogP contribution in [0.5, 0.6) is 0 Å². The fourth-order valence-corrected chi connectivity index (χ4v) is 6.39. The van der Waals surface area contributed by atoms with Gasteiger partial charge in [-0.15, -0.1) is 0 Å². The monoisotopic (exact) mass is 349 g/mol. The van der Waals surface area contributed by atoms with Gasteiger partial charge in [-0.1, -0.05) is 37.0 Å². The van der Waals surface area contributed by atoms with Crippen LogP contribution in [0.2, 0.25) is 0 Å². The fourth-order valence-electron chi connectivity index (χ4n) is 4.79. The van der Waals surface area contributed by atoms with Crippen LogP contribution in [0.25, 0.3) is 0 Å². The number of hydrogen-bond acceptors (Lipinski definition) is 3. The normalized spacial score (nSPS) is 32.1. The minimum Gasteiger partial charge on any atom is -0.354 e. The van der Waals surface area contributed by atoms with Gasteiger partial charge in [0.1, 0.15) is 6.23 Å². The van der Waals surface area contributed by atoms with E-state index >= 15 is 0 Å². The molecule has 0 aromatic heterocycles. The third-order valence-electron chi connectivity index (χ3n) is 6.14. The number of aryl methyl sites for hydroxylation is 1. The van der Waals surface area contributed by atoms with Gasteiger partial charge in [-0.05, 0) is 57.1 Å². The van der Waals surface area contributed by atoms with E-state index < -0.39 is 10.0 Å². The molecule has 2 bridgehead atoms. The molecule has 0 N–H and O–H groups in total. The Labute approximate surface area is 145 Å². The SMILES string of the molecule is Cc1ccc(S(=O)(=O)N2C[C@]3(C4CCCCC4)CCCC2O3)cc1. The van der Waals surface area contributed by atoms with E-state index in [-0.39, 0.29) is 11.8 Å². The molecule has 1 unspecified atom stereocenters. The maximum Gasteiger partial charge on any atom is 0.245 e. The Balaban J connectivity index is 1.63. The van der Waals surface area contributed by atoms with Crippen LogP contribution in [0.3, 0.4) is 0 Å². The Morgan fingerprint density at radius 2 is 1.75 bits per heavy atom. The zero-order chi connectivity index (χ0) is 16.8. The lowest BCUT2D eigenvalue weighted by Gasteiger charge is -2.40. The van der Waals surface area contributed by atoms with E-state index in [1.807, 2.05) is 19.1 Å². The average Bonchev–Trinajstić information content (AvgIpc) is 2.88. The first-order valence-electron chi connectivity index (χ1n) is 9.28. The van der Waals surface area contributed by atoms with Gasteiger partial charge in [0.15, 0.2) is 0 Å². The fraction of sp³-hybridized carbons (Fsp3) is 0.684. The molecular weight excluding hydrogens is 322 g/mol. The lowest BCUT2D eigenvalue weighted by Crippen LogP contribution is -2.44. The van der Waals surface area contributed by atoms with Gasteiger partial charge < -0.3 is 4.74 Å². The number of benzene rings is 1. The van der Waals surface area contributed by atoms with Crippen molar-refractivity contribution in [3.05, 3.63) is 29.8 Å². The van der Waals surface area contributed by atoms with Gasteiger partial charge in [0, 0.05) is 6.54 Å². The molecule has 4 rings (SSSR count). The summed E-state index contributed by atoms with van der Waals surface area (Å²) in [6.45, 7) is 2.51. The zero-order valence-corrected chi connectivity index (χ0v) is 15.2. The molecule has 0 amide bonds. The number of sulfonamides is 1. The quantitative estimate of drug-likeness (QED) is 0.833. The lowest BCUT2D eigenvalue weighted by atomic mass is 9.74. The Morgan fingerprint density at radius 3 is 2.46 bits per heavy atom. The van der Waals surface area contributed by atoms with Crippen molar-refractivity contribution in [2.75, 3.05) is 6.54 Å². The standard InChI is InChI=1S/C19H27NO3S/c1-15-9-11-17(12-10-15)24(21,22)20-14-19(13-5-8-18(20)23-19)16-6-3-2-4-7-16/h9-12,16,18H,2-8,13-14H2,1H3/t18?,19-/m0/s1. The van der Waals surface area contributed by atoms with Crippen LogP contribution in [0, 0.1) is 12.8 Å². The van der Waals surface area contributed by atoms with Crippen molar-refractivity contribution in [3.8, 4) is 0 Å². The van der Waals surface area contributed by atoms with E-state index in [0.29, 0.717) is 17.4 Å². The van der Waals surface area contributed by atoms with Crippen molar-refractivity contribution in [1.82, 2.24) is 4.31 Å². The summed E-state index contributed by atoms with van der Waals surface area (Å²) in [5, 5.41) is 0. The molecule has 1 aromatic rings. The number of hydrogen-bond donors (Lipinski definition) is 0. The van der Waals surface area contributed by atoms with Gasteiger partial charge in [0.05, 0.1) is 10.5 Å². The van der Waals surface area contributed by atoms with Crippen molar-refractivity contribution in [3.63, 3.8) is 0 Å². The van der Waals surface area contributed by atoms with Crippen LogP contribution in [-0.2, 0) is 14.8 Å². The summed E-state index contributed by atoms with van der Waals surface area (Å²) in [4.78, 5) is 0.392. The van der Waals surface area contributed by atoms with Crippen molar-refractivity contribution >= 4 is 10.0 Å². The van der Waals surface area contributed by atoms with E-state index in [1.54, 1.807) is 16.4 Å². The van der Waals surface area contributed by atoms with Gasteiger partial charge >= 0.3 is 0 Å². The highest BCUT2D eigenvalue weighted by Crippen LogP contribution is 2.48. The van der Waals surface area contributed by atoms with Gasteiger partial charge in [0.2, 0.25) is 10.0 Å². The second-order valence-corrected chi connectivity index (χ2v) is 9.62. The van der Waals surface area contributed by atoms with Gasteiger partial charge in [-0.25, -0.2) is 8.42 Å². The van der Waals surface area contributed by atoms with Crippen molar-refractivity contribution in [2.24, 2.45) is 5.92 Å². The molecule has 3 aliphatic rings. The van der Waals surface area contributed by atoms with Gasteiger partial charge in [0.25, 0.3) is 0 Å². The summed E-state index contributed by atoms with van der Waals surface area (Å²) in [6, 6.07) is 7.18. The lowest BCUT2D eigenvalue weighted by molar-refractivity contribution is -0.121. The highest BCUT2D eigenvalue weighted by molar-refractivity contribution is 7.89. The number of ether oxygens (including phenoxy) is 1. The molecule has 2 saturated heterocycles. The molecule has 2 heterocycles. The number of rotatable bonds is 3. The molecule has 3 fully saturated rings. The molecule has 4 nitrogen and oxygen atoms in total. The topological polar surface area (TPSA) is 46.6 Å². The van der Waals surface area contributed by atoms with E-state index in [4.69, 9.17) is 4.74 Å². The minimum atomic E-state index is -3.48. The minimum absolute atomic E-state index is 0.235. The second kappa shape index (κ2) is 6.11. The molecule has 132 valence electrons. The summed E-state index contributed by atoms with van der Waals surface area (Å²) >= 11 is 0. The van der Waals surface area contributed by atoms with Gasteiger partial charge in [-0.3, -0.25) is 0 Å². The molecule has 0 radical (unpaired) electrons. The molecule has 0 spiro atoms. The highest BCUT2D eigenvalue weighted by Gasteiger charge is 2.55. The van der Waals surface area contributed by atoms with E-state index in [1.165, 1.54) is 32.1 Å². The Kier molecular flexibility index (Phi) is 4.22. The molecule has 1 saturated carbocycles. The molecule has 1 aromatic carbocycles. The molecule has 24 heavy (non-hydrogen) atoms. The maximum atomic E-state index is 13.2. The van der Waals surface area contributed by atoms with E-state index in [0.717, 1.165) is 24.8 Å². The highest BCUT2D eigenvalue weighted by atomic mass is 32.2. The van der Waals surface area contributed by atoms with Crippen LogP contribution in [0.4, 0.5) is 0 Å². The van der Waals surface area contributed by atoms with Gasteiger partial charge in [-0.2, -0.15) is 4.31 Å².